The number of ketones is 1. The van der Waals surface area contributed by atoms with Gasteiger partial charge in [-0.3, -0.25) is 4.79 Å². The molecule has 0 radical (unpaired) electrons. The highest BCUT2D eigenvalue weighted by Crippen LogP contribution is 2.75. The predicted octanol–water partition coefficient (Wildman–Crippen LogP) is 6.32. The van der Waals surface area contributed by atoms with Crippen molar-refractivity contribution in [1.82, 2.24) is 0 Å². The molecule has 0 heterocycles. The normalized spacial score (nSPS) is 55.5. The molecule has 4 saturated carbocycles. The summed E-state index contributed by atoms with van der Waals surface area (Å²) < 4.78 is 0. The van der Waals surface area contributed by atoms with Crippen LogP contribution in [0.25, 0.3) is 0 Å². The van der Waals surface area contributed by atoms with Gasteiger partial charge in [-0.2, -0.15) is 0 Å². The van der Waals surface area contributed by atoms with Crippen molar-refractivity contribution in [3.63, 3.8) is 0 Å². The van der Waals surface area contributed by atoms with Gasteiger partial charge in [0.2, 0.25) is 0 Å². The molecule has 0 aromatic rings. The highest BCUT2D eigenvalue weighted by Gasteiger charge is 2.69. The maximum absolute atomic E-state index is 13.4. The zero-order valence-electron chi connectivity index (χ0n) is 22.3. The Bertz CT molecular complexity index is 889. The van der Waals surface area contributed by atoms with Crippen molar-refractivity contribution in [3.05, 3.63) is 11.6 Å². The summed E-state index contributed by atoms with van der Waals surface area (Å²) in [6.07, 6.45) is 11.4. The number of fused-ring (bicyclic) bond motifs is 7. The van der Waals surface area contributed by atoms with Crippen molar-refractivity contribution in [3.8, 4) is 0 Å². The number of allylic oxidation sites excluding steroid dienone is 2. The molecule has 0 aromatic carbocycles. The van der Waals surface area contributed by atoms with E-state index in [0.29, 0.717) is 23.5 Å². The van der Waals surface area contributed by atoms with E-state index in [1.807, 2.05) is 0 Å². The van der Waals surface area contributed by atoms with Crippen LogP contribution in [0.1, 0.15) is 106 Å². The van der Waals surface area contributed by atoms with Crippen LogP contribution in [-0.2, 0) is 4.79 Å². The molecule has 33 heavy (non-hydrogen) atoms. The number of hydrogen-bond donors (Lipinski definition) is 2. The topological polar surface area (TPSA) is 57.5 Å². The third kappa shape index (κ3) is 2.85. The fourth-order valence-corrected chi connectivity index (χ4v) is 10.5. The van der Waals surface area contributed by atoms with Crippen LogP contribution in [0.5, 0.6) is 0 Å². The fourth-order valence-electron chi connectivity index (χ4n) is 10.5. The minimum Gasteiger partial charge on any atom is -0.396 e. The lowest BCUT2D eigenvalue weighted by Gasteiger charge is -2.71. The van der Waals surface area contributed by atoms with Gasteiger partial charge < -0.3 is 10.2 Å². The van der Waals surface area contributed by atoms with Crippen LogP contribution in [0.15, 0.2) is 11.6 Å². The SMILES string of the molecule is CC1(C)CC(=O)[C@]2(C)CC[C@]3(C)C(=CCC4[C@@]5(C)CC[C@H](O)[C@](C)(CO)C5CC[C@]43C)[C@@H]2C1. The molecule has 5 aliphatic carbocycles. The Labute approximate surface area is 201 Å². The molecule has 0 bridgehead atoms. The maximum Gasteiger partial charge on any atom is 0.139 e. The molecule has 0 aliphatic heterocycles. The van der Waals surface area contributed by atoms with Crippen molar-refractivity contribution in [1.29, 1.82) is 0 Å². The number of aliphatic hydroxyl groups is 2. The highest BCUT2D eigenvalue weighted by molar-refractivity contribution is 5.87. The largest absolute Gasteiger partial charge is 0.396 e. The van der Waals surface area contributed by atoms with Gasteiger partial charge >= 0.3 is 0 Å². The molecule has 2 unspecified atom stereocenters. The lowest BCUT2D eigenvalue weighted by atomic mass is 9.33. The molecule has 5 rings (SSSR count). The van der Waals surface area contributed by atoms with E-state index in [1.165, 1.54) is 0 Å². The third-order valence-electron chi connectivity index (χ3n) is 13.0. The Hall–Kier alpha value is -0.670. The molecule has 3 nitrogen and oxygen atoms in total. The van der Waals surface area contributed by atoms with Crippen LogP contribution < -0.4 is 0 Å². The smallest absolute Gasteiger partial charge is 0.139 e. The van der Waals surface area contributed by atoms with Crippen LogP contribution in [-0.4, -0.2) is 28.7 Å². The summed E-state index contributed by atoms with van der Waals surface area (Å²) in [5.74, 6) is 1.80. The molecule has 9 atom stereocenters. The molecule has 0 saturated heterocycles. The zero-order valence-corrected chi connectivity index (χ0v) is 22.3. The van der Waals surface area contributed by atoms with Gasteiger partial charge in [0.15, 0.2) is 0 Å². The average Bonchev–Trinajstić information content (AvgIpc) is 2.73. The van der Waals surface area contributed by atoms with E-state index in [0.717, 1.165) is 57.8 Å². The summed E-state index contributed by atoms with van der Waals surface area (Å²) >= 11 is 0. The number of carbonyl (C=O) groups is 1. The minimum atomic E-state index is -0.402. The maximum atomic E-state index is 13.4. The second kappa shape index (κ2) is 6.96. The van der Waals surface area contributed by atoms with E-state index < -0.39 is 11.5 Å². The van der Waals surface area contributed by atoms with E-state index >= 15 is 0 Å². The fraction of sp³-hybridized carbons (Fsp3) is 0.900. The van der Waals surface area contributed by atoms with E-state index in [2.05, 4.69) is 54.5 Å². The van der Waals surface area contributed by atoms with Gasteiger partial charge in [-0.1, -0.05) is 60.1 Å². The van der Waals surface area contributed by atoms with Gasteiger partial charge in [-0.05, 0) is 90.8 Å². The third-order valence-corrected chi connectivity index (χ3v) is 13.0. The Morgan fingerprint density at radius 2 is 1.64 bits per heavy atom. The first-order valence-electron chi connectivity index (χ1n) is 13.7. The summed E-state index contributed by atoms with van der Waals surface area (Å²) in [5.41, 5.74) is 1.58. The quantitative estimate of drug-likeness (QED) is 0.454. The van der Waals surface area contributed by atoms with E-state index in [-0.39, 0.29) is 33.7 Å². The molecule has 5 aliphatic rings. The molecule has 186 valence electrons. The molecule has 2 N–H and O–H groups in total. The van der Waals surface area contributed by atoms with Gasteiger partial charge in [0.05, 0.1) is 12.7 Å². The standard InChI is InChI=1S/C30H48O3/c1-25(2)16-20-19-8-9-22-27(4)12-11-23(32)28(5,18-31)21(27)10-13-30(22,7)29(19,6)15-14-26(20,3)24(33)17-25/h8,20-23,31-32H,9-18H2,1-7H3/t20-,21?,22?,23-,26+,27-,28+,29+,30+/m0/s1. The number of hydrogen-bond acceptors (Lipinski definition) is 3. The van der Waals surface area contributed by atoms with Crippen LogP contribution in [0, 0.1) is 50.2 Å². The van der Waals surface area contributed by atoms with Crippen molar-refractivity contribution in [2.45, 2.75) is 112 Å². The van der Waals surface area contributed by atoms with Gasteiger partial charge in [0.1, 0.15) is 5.78 Å². The molecule has 3 heteroatoms. The number of Topliss-reactive ketones (excluding diaryl/α,β-unsaturated/α-hetero) is 1. The van der Waals surface area contributed by atoms with Crippen LogP contribution in [0.4, 0.5) is 0 Å². The Morgan fingerprint density at radius 3 is 2.30 bits per heavy atom. The van der Waals surface area contributed by atoms with Gasteiger partial charge in [0.25, 0.3) is 0 Å². The number of rotatable bonds is 1. The van der Waals surface area contributed by atoms with Gasteiger partial charge in [-0.15, -0.1) is 0 Å². The van der Waals surface area contributed by atoms with Crippen molar-refractivity contribution < 1.29 is 15.0 Å². The summed E-state index contributed by atoms with van der Waals surface area (Å²) in [7, 11) is 0. The van der Waals surface area contributed by atoms with Crippen molar-refractivity contribution in [2.24, 2.45) is 50.2 Å². The summed E-state index contributed by atoms with van der Waals surface area (Å²) in [4.78, 5) is 13.4. The van der Waals surface area contributed by atoms with Crippen LogP contribution >= 0.6 is 0 Å². The minimum absolute atomic E-state index is 0.0772. The van der Waals surface area contributed by atoms with Gasteiger partial charge in [0, 0.05) is 17.3 Å². The summed E-state index contributed by atoms with van der Waals surface area (Å²) in [6.45, 7) is 16.7. The predicted molar refractivity (Wildman–Crippen MR) is 133 cm³/mol. The molecule has 4 fully saturated rings. The summed E-state index contributed by atoms with van der Waals surface area (Å²) in [6, 6.07) is 0. The second-order valence-electron chi connectivity index (χ2n) is 15.0. The first kappa shape index (κ1) is 24.0. The molecular weight excluding hydrogens is 408 g/mol. The highest BCUT2D eigenvalue weighted by atomic mass is 16.3. The Morgan fingerprint density at radius 1 is 0.939 bits per heavy atom. The second-order valence-corrected chi connectivity index (χ2v) is 15.0. The first-order chi connectivity index (χ1) is 15.2. The monoisotopic (exact) mass is 456 g/mol. The molecular formula is C30H48O3. The Kier molecular flexibility index (Phi) is 5.07. The van der Waals surface area contributed by atoms with Crippen LogP contribution in [0.2, 0.25) is 0 Å². The number of carbonyl (C=O) groups excluding carboxylic acids is 1. The van der Waals surface area contributed by atoms with Crippen LogP contribution in [0.3, 0.4) is 0 Å². The zero-order chi connectivity index (χ0) is 24.2. The van der Waals surface area contributed by atoms with E-state index in [9.17, 15) is 15.0 Å². The average molecular weight is 457 g/mol. The molecule has 0 aromatic heterocycles. The van der Waals surface area contributed by atoms with E-state index in [1.54, 1.807) is 5.57 Å². The van der Waals surface area contributed by atoms with Crippen molar-refractivity contribution in [2.75, 3.05) is 6.61 Å². The molecule has 0 spiro atoms. The first-order valence-corrected chi connectivity index (χ1v) is 13.7. The lowest BCUT2D eigenvalue weighted by molar-refractivity contribution is -0.214. The Balaban J connectivity index is 1.59. The summed E-state index contributed by atoms with van der Waals surface area (Å²) in [5, 5.41) is 21.3. The van der Waals surface area contributed by atoms with Crippen molar-refractivity contribution >= 4 is 5.78 Å². The molecule has 0 amide bonds. The van der Waals surface area contributed by atoms with E-state index in [4.69, 9.17) is 0 Å². The van der Waals surface area contributed by atoms with Gasteiger partial charge in [-0.25, -0.2) is 0 Å². The lowest BCUT2D eigenvalue weighted by Crippen LogP contribution is -2.65. The number of aliphatic hydroxyl groups excluding tert-OH is 2.